The molecule has 1 fully saturated rings. The molecule has 0 radical (unpaired) electrons. The van der Waals surface area contributed by atoms with Gasteiger partial charge < -0.3 is 5.32 Å². The highest BCUT2D eigenvalue weighted by Crippen LogP contribution is 2.40. The van der Waals surface area contributed by atoms with Gasteiger partial charge in [0.15, 0.2) is 0 Å². The van der Waals surface area contributed by atoms with Crippen molar-refractivity contribution in [3.8, 4) is 16.8 Å². The van der Waals surface area contributed by atoms with E-state index in [-0.39, 0.29) is 11.9 Å². The Labute approximate surface area is 180 Å². The quantitative estimate of drug-likeness (QED) is 0.471. The number of halogens is 1. The molecule has 4 aromatic rings. The highest BCUT2D eigenvalue weighted by atomic mass is 35.5. The number of imidazole rings is 1. The van der Waals surface area contributed by atoms with E-state index in [0.717, 1.165) is 23.2 Å². The number of hydrogen-bond donors (Lipinski definition) is 1. The van der Waals surface area contributed by atoms with Crippen LogP contribution in [-0.2, 0) is 0 Å². The van der Waals surface area contributed by atoms with Crippen molar-refractivity contribution >= 4 is 17.5 Å². The van der Waals surface area contributed by atoms with E-state index in [2.05, 4.69) is 22.4 Å². The molecular weight excluding hydrogens is 394 g/mol. The molecule has 1 aliphatic rings. The Kier molecular flexibility index (Phi) is 4.85. The van der Waals surface area contributed by atoms with Crippen LogP contribution in [0.2, 0.25) is 5.02 Å². The highest BCUT2D eigenvalue weighted by molar-refractivity contribution is 6.30. The van der Waals surface area contributed by atoms with Crippen LogP contribution in [0.1, 0.15) is 28.4 Å². The van der Waals surface area contributed by atoms with Crippen LogP contribution in [0.4, 0.5) is 0 Å². The molecule has 0 spiro atoms. The molecule has 148 valence electrons. The van der Waals surface area contributed by atoms with Crippen molar-refractivity contribution in [2.45, 2.75) is 18.4 Å². The Morgan fingerprint density at radius 2 is 1.73 bits per heavy atom. The standard InChI is InChI=1S/C25H20ClN3O/c26-20-10-4-8-18(12-20)19-9-5-11-21(13-19)29-16-27-15-24(29)25(30)28-23-14-22(23)17-6-2-1-3-7-17/h1-13,15-16,22-23H,14H2,(H,28,30)/t22-,23?/m1/s1. The Bertz CT molecular complexity index is 1200. The molecule has 4 nitrogen and oxygen atoms in total. The molecule has 1 amide bonds. The lowest BCUT2D eigenvalue weighted by molar-refractivity contribution is 0.0943. The number of carbonyl (C=O) groups is 1. The van der Waals surface area contributed by atoms with E-state index in [1.54, 1.807) is 12.5 Å². The summed E-state index contributed by atoms with van der Waals surface area (Å²) < 4.78 is 1.82. The molecule has 5 heteroatoms. The average molecular weight is 414 g/mol. The maximum absolute atomic E-state index is 12.9. The molecule has 1 N–H and O–H groups in total. The number of hydrogen-bond acceptors (Lipinski definition) is 2. The van der Waals surface area contributed by atoms with E-state index >= 15 is 0 Å². The van der Waals surface area contributed by atoms with Crippen molar-refractivity contribution in [3.05, 3.63) is 108 Å². The van der Waals surface area contributed by atoms with Gasteiger partial charge in [-0.1, -0.05) is 66.2 Å². The Morgan fingerprint density at radius 1 is 0.967 bits per heavy atom. The predicted molar refractivity (Wildman–Crippen MR) is 119 cm³/mol. The first-order valence-electron chi connectivity index (χ1n) is 9.93. The van der Waals surface area contributed by atoms with E-state index in [1.807, 2.05) is 71.3 Å². The lowest BCUT2D eigenvalue weighted by Gasteiger charge is -2.11. The van der Waals surface area contributed by atoms with Crippen LogP contribution in [0, 0.1) is 0 Å². The first-order valence-corrected chi connectivity index (χ1v) is 10.3. The summed E-state index contributed by atoms with van der Waals surface area (Å²) in [6.45, 7) is 0. The van der Waals surface area contributed by atoms with Crippen molar-refractivity contribution < 1.29 is 4.79 Å². The summed E-state index contributed by atoms with van der Waals surface area (Å²) in [6.07, 6.45) is 4.25. The molecule has 2 atom stereocenters. The van der Waals surface area contributed by atoms with Gasteiger partial charge in [-0.3, -0.25) is 9.36 Å². The predicted octanol–water partition coefficient (Wildman–Crippen LogP) is 5.48. The molecule has 5 rings (SSSR count). The largest absolute Gasteiger partial charge is 0.347 e. The van der Waals surface area contributed by atoms with E-state index in [0.29, 0.717) is 16.6 Å². The normalized spacial score (nSPS) is 17.5. The zero-order chi connectivity index (χ0) is 20.5. The van der Waals surface area contributed by atoms with E-state index < -0.39 is 0 Å². The summed E-state index contributed by atoms with van der Waals surface area (Å²) >= 11 is 6.14. The molecule has 0 saturated heterocycles. The number of carbonyl (C=O) groups excluding carboxylic acids is 1. The fraction of sp³-hybridized carbons (Fsp3) is 0.120. The molecule has 1 aliphatic carbocycles. The Hall–Kier alpha value is -3.37. The van der Waals surface area contributed by atoms with Crippen molar-refractivity contribution in [2.24, 2.45) is 0 Å². The minimum absolute atomic E-state index is 0.107. The number of nitrogens with one attached hydrogen (secondary N) is 1. The van der Waals surface area contributed by atoms with Crippen LogP contribution < -0.4 is 5.32 Å². The number of benzene rings is 3. The molecule has 3 aromatic carbocycles. The monoisotopic (exact) mass is 413 g/mol. The fourth-order valence-corrected chi connectivity index (χ4v) is 4.03. The minimum atomic E-state index is -0.107. The van der Waals surface area contributed by atoms with Gasteiger partial charge in [-0.05, 0) is 47.4 Å². The Morgan fingerprint density at radius 3 is 2.53 bits per heavy atom. The van der Waals surface area contributed by atoms with E-state index in [1.165, 1.54) is 5.56 Å². The number of nitrogens with zero attached hydrogens (tertiary/aromatic N) is 2. The third-order valence-corrected chi connectivity index (χ3v) is 5.72. The van der Waals surface area contributed by atoms with Crippen molar-refractivity contribution in [2.75, 3.05) is 0 Å². The number of aromatic nitrogens is 2. The summed E-state index contributed by atoms with van der Waals surface area (Å²) in [5, 5.41) is 3.84. The first-order chi connectivity index (χ1) is 14.7. The lowest BCUT2D eigenvalue weighted by atomic mass is 10.1. The first kappa shape index (κ1) is 18.6. The van der Waals surface area contributed by atoms with Gasteiger partial charge in [-0.15, -0.1) is 0 Å². The third-order valence-electron chi connectivity index (χ3n) is 5.49. The second-order valence-corrected chi connectivity index (χ2v) is 7.98. The van der Waals surface area contributed by atoms with Crippen LogP contribution in [0.25, 0.3) is 16.8 Å². The van der Waals surface area contributed by atoms with E-state index in [9.17, 15) is 4.79 Å². The maximum Gasteiger partial charge on any atom is 0.270 e. The molecule has 1 heterocycles. The molecule has 1 unspecified atom stereocenters. The minimum Gasteiger partial charge on any atom is -0.347 e. The topological polar surface area (TPSA) is 46.9 Å². The second-order valence-electron chi connectivity index (χ2n) is 7.54. The molecule has 1 saturated carbocycles. The van der Waals surface area contributed by atoms with Gasteiger partial charge in [0.25, 0.3) is 5.91 Å². The highest BCUT2D eigenvalue weighted by Gasteiger charge is 2.39. The summed E-state index contributed by atoms with van der Waals surface area (Å²) in [7, 11) is 0. The van der Waals surface area contributed by atoms with Gasteiger partial charge in [-0.2, -0.15) is 0 Å². The van der Waals surface area contributed by atoms with Crippen molar-refractivity contribution in [1.29, 1.82) is 0 Å². The fourth-order valence-electron chi connectivity index (χ4n) is 3.84. The summed E-state index contributed by atoms with van der Waals surface area (Å²) in [5.74, 6) is 0.279. The van der Waals surface area contributed by atoms with Crippen LogP contribution >= 0.6 is 11.6 Å². The van der Waals surface area contributed by atoms with Crippen LogP contribution in [0.5, 0.6) is 0 Å². The number of amides is 1. The van der Waals surface area contributed by atoms with Crippen LogP contribution in [0.15, 0.2) is 91.4 Å². The third kappa shape index (κ3) is 3.74. The van der Waals surface area contributed by atoms with Crippen molar-refractivity contribution in [3.63, 3.8) is 0 Å². The molecular formula is C25H20ClN3O. The number of rotatable bonds is 5. The zero-order valence-electron chi connectivity index (χ0n) is 16.2. The second kappa shape index (κ2) is 7.81. The summed E-state index contributed by atoms with van der Waals surface area (Å²) in [4.78, 5) is 17.2. The van der Waals surface area contributed by atoms with Gasteiger partial charge in [0.1, 0.15) is 5.69 Å². The molecule has 30 heavy (non-hydrogen) atoms. The lowest BCUT2D eigenvalue weighted by Crippen LogP contribution is -2.28. The Balaban J connectivity index is 1.36. The molecule has 0 aliphatic heterocycles. The average Bonchev–Trinajstić information content (AvgIpc) is 3.36. The van der Waals surface area contributed by atoms with Gasteiger partial charge in [0.05, 0.1) is 12.5 Å². The van der Waals surface area contributed by atoms with Gasteiger partial charge in [-0.25, -0.2) is 4.98 Å². The van der Waals surface area contributed by atoms with Crippen LogP contribution in [0.3, 0.4) is 0 Å². The summed E-state index contributed by atoms with van der Waals surface area (Å²) in [5.41, 5.74) is 4.73. The van der Waals surface area contributed by atoms with Gasteiger partial charge in [0.2, 0.25) is 0 Å². The zero-order valence-corrected chi connectivity index (χ0v) is 17.0. The van der Waals surface area contributed by atoms with Crippen molar-refractivity contribution in [1.82, 2.24) is 14.9 Å². The van der Waals surface area contributed by atoms with Gasteiger partial charge >= 0.3 is 0 Å². The van der Waals surface area contributed by atoms with Gasteiger partial charge in [0, 0.05) is 22.7 Å². The summed E-state index contributed by atoms with van der Waals surface area (Å²) in [6, 6.07) is 26.2. The SMILES string of the molecule is O=C(NC1C[C@@H]1c1ccccc1)c1cncn1-c1cccc(-c2cccc(Cl)c2)c1. The van der Waals surface area contributed by atoms with Crippen LogP contribution in [-0.4, -0.2) is 21.5 Å². The molecule has 0 bridgehead atoms. The smallest absolute Gasteiger partial charge is 0.270 e. The maximum atomic E-state index is 12.9. The van der Waals surface area contributed by atoms with E-state index in [4.69, 9.17) is 11.6 Å². The molecule has 1 aromatic heterocycles.